The van der Waals surface area contributed by atoms with Crippen molar-refractivity contribution in [3.05, 3.63) is 81.2 Å². The van der Waals surface area contributed by atoms with Crippen molar-refractivity contribution in [3.8, 4) is 5.69 Å². The lowest BCUT2D eigenvalue weighted by atomic mass is 10.2. The van der Waals surface area contributed by atoms with Gasteiger partial charge in [0, 0.05) is 11.8 Å². The molecule has 0 atom stereocenters. The van der Waals surface area contributed by atoms with Crippen LogP contribution in [0.15, 0.2) is 57.8 Å². The lowest BCUT2D eigenvalue weighted by Crippen LogP contribution is -2.22. The molecule has 1 amide bonds. The fraction of sp³-hybridized carbons (Fsp3) is 0.0952. The van der Waals surface area contributed by atoms with Gasteiger partial charge in [-0.15, -0.1) is 11.3 Å². The first-order valence-corrected chi connectivity index (χ1v) is 10.8. The van der Waals surface area contributed by atoms with Crippen LogP contribution in [0.1, 0.15) is 5.56 Å². The third-order valence-corrected chi connectivity index (χ3v) is 6.18. The molecule has 31 heavy (non-hydrogen) atoms. The molecular weight excluding hydrogens is 447 g/mol. The SMILES string of the molecule is Cc1cc(F)ccc1NC(=O)CSc1nc2ccsc2c(=O)n1-c1cc(F)cc(F)c1. The first kappa shape index (κ1) is 21.1. The van der Waals surface area contributed by atoms with E-state index < -0.39 is 28.9 Å². The lowest BCUT2D eigenvalue weighted by molar-refractivity contribution is -0.113. The van der Waals surface area contributed by atoms with Crippen molar-refractivity contribution in [3.63, 3.8) is 0 Å². The van der Waals surface area contributed by atoms with Crippen LogP contribution in [0, 0.1) is 24.4 Å². The van der Waals surface area contributed by atoms with Gasteiger partial charge in [-0.2, -0.15) is 0 Å². The summed E-state index contributed by atoms with van der Waals surface area (Å²) < 4.78 is 42.2. The van der Waals surface area contributed by atoms with Crippen LogP contribution < -0.4 is 10.9 Å². The van der Waals surface area contributed by atoms with Crippen molar-refractivity contribution in [2.24, 2.45) is 0 Å². The van der Waals surface area contributed by atoms with Crippen LogP contribution >= 0.6 is 23.1 Å². The number of nitrogens with zero attached hydrogens (tertiary/aromatic N) is 2. The van der Waals surface area contributed by atoms with Crippen molar-refractivity contribution in [1.82, 2.24) is 9.55 Å². The summed E-state index contributed by atoms with van der Waals surface area (Å²) in [5.41, 5.74) is 0.937. The molecule has 5 nitrogen and oxygen atoms in total. The number of hydrogen-bond acceptors (Lipinski definition) is 5. The van der Waals surface area contributed by atoms with Gasteiger partial charge >= 0.3 is 0 Å². The fourth-order valence-corrected chi connectivity index (χ4v) is 4.54. The van der Waals surface area contributed by atoms with Crippen molar-refractivity contribution in [2.75, 3.05) is 11.1 Å². The Morgan fingerprint density at radius 3 is 2.55 bits per heavy atom. The number of halogens is 3. The van der Waals surface area contributed by atoms with Crippen LogP contribution in [0.4, 0.5) is 18.9 Å². The second kappa shape index (κ2) is 8.56. The molecule has 2 aromatic heterocycles. The Kier molecular flexibility index (Phi) is 5.84. The maximum absolute atomic E-state index is 13.8. The lowest BCUT2D eigenvalue weighted by Gasteiger charge is -2.13. The predicted octanol–water partition coefficient (Wildman–Crippen LogP) is 4.90. The van der Waals surface area contributed by atoms with Crippen molar-refractivity contribution in [2.45, 2.75) is 12.1 Å². The van der Waals surface area contributed by atoms with E-state index in [0.717, 1.165) is 28.5 Å². The number of hydrogen-bond donors (Lipinski definition) is 1. The van der Waals surface area contributed by atoms with Crippen LogP contribution in [0.25, 0.3) is 15.9 Å². The smallest absolute Gasteiger partial charge is 0.276 e. The summed E-state index contributed by atoms with van der Waals surface area (Å²) in [7, 11) is 0. The summed E-state index contributed by atoms with van der Waals surface area (Å²) >= 11 is 2.11. The van der Waals surface area contributed by atoms with E-state index in [1.54, 1.807) is 18.4 Å². The van der Waals surface area contributed by atoms with Gasteiger partial charge in [0.1, 0.15) is 22.2 Å². The molecule has 1 N–H and O–H groups in total. The minimum Gasteiger partial charge on any atom is -0.325 e. The van der Waals surface area contributed by atoms with Crippen LogP contribution in [0.2, 0.25) is 0 Å². The Balaban J connectivity index is 1.66. The molecule has 158 valence electrons. The fourth-order valence-electron chi connectivity index (χ4n) is 2.97. The number of thioether (sulfide) groups is 1. The highest BCUT2D eigenvalue weighted by atomic mass is 32.2. The van der Waals surface area contributed by atoms with Crippen LogP contribution in [-0.2, 0) is 4.79 Å². The molecule has 4 aromatic rings. The van der Waals surface area contributed by atoms with Crippen LogP contribution in [-0.4, -0.2) is 21.2 Å². The van der Waals surface area contributed by atoms with Gasteiger partial charge < -0.3 is 5.32 Å². The van der Waals surface area contributed by atoms with E-state index in [-0.39, 0.29) is 16.6 Å². The van der Waals surface area contributed by atoms with E-state index >= 15 is 0 Å². The molecule has 0 unspecified atom stereocenters. The molecule has 0 bridgehead atoms. The highest BCUT2D eigenvalue weighted by Gasteiger charge is 2.17. The number of carbonyl (C=O) groups excluding carboxylic acids is 1. The zero-order chi connectivity index (χ0) is 22.1. The van der Waals surface area contributed by atoms with Crippen molar-refractivity contribution >= 4 is 44.9 Å². The van der Waals surface area contributed by atoms with Gasteiger partial charge in [-0.1, -0.05) is 11.8 Å². The van der Waals surface area contributed by atoms with Gasteiger partial charge in [0.15, 0.2) is 5.16 Å². The number of benzene rings is 2. The molecule has 0 aliphatic heterocycles. The summed E-state index contributed by atoms with van der Waals surface area (Å²) in [5, 5.41) is 4.48. The van der Waals surface area contributed by atoms with Crippen molar-refractivity contribution in [1.29, 1.82) is 0 Å². The molecule has 2 aromatic carbocycles. The summed E-state index contributed by atoms with van der Waals surface area (Å²) in [4.78, 5) is 29.8. The van der Waals surface area contributed by atoms with Gasteiger partial charge in [0.25, 0.3) is 5.56 Å². The van der Waals surface area contributed by atoms with Gasteiger partial charge in [-0.05, 0) is 54.3 Å². The Bertz CT molecular complexity index is 1350. The summed E-state index contributed by atoms with van der Waals surface area (Å²) in [5.74, 6) is -2.63. The molecule has 10 heteroatoms. The van der Waals surface area contributed by atoms with Gasteiger partial charge in [-0.3, -0.25) is 14.2 Å². The monoisotopic (exact) mass is 461 g/mol. The Hall–Kier alpha value is -3.11. The number of fused-ring (bicyclic) bond motifs is 1. The van der Waals surface area contributed by atoms with Crippen LogP contribution in [0.3, 0.4) is 0 Å². The minimum absolute atomic E-state index is 0.0254. The molecule has 0 radical (unpaired) electrons. The average Bonchev–Trinajstić information content (AvgIpc) is 3.17. The van der Waals surface area contributed by atoms with E-state index in [9.17, 15) is 22.8 Å². The Labute approximate surface area is 182 Å². The molecular formula is C21H14F3N3O2S2. The summed E-state index contributed by atoms with van der Waals surface area (Å²) in [6.45, 7) is 1.66. The first-order chi connectivity index (χ1) is 14.8. The average molecular weight is 461 g/mol. The van der Waals surface area contributed by atoms with Crippen LogP contribution in [0.5, 0.6) is 0 Å². The maximum Gasteiger partial charge on any atom is 0.276 e. The van der Waals surface area contributed by atoms with Gasteiger partial charge in [-0.25, -0.2) is 18.2 Å². The Morgan fingerprint density at radius 2 is 1.84 bits per heavy atom. The number of aryl methyl sites for hydroxylation is 1. The normalized spacial score (nSPS) is 11.1. The quantitative estimate of drug-likeness (QED) is 0.339. The molecule has 2 heterocycles. The topological polar surface area (TPSA) is 64.0 Å². The highest BCUT2D eigenvalue weighted by molar-refractivity contribution is 7.99. The third-order valence-electron chi connectivity index (χ3n) is 4.35. The second-order valence-electron chi connectivity index (χ2n) is 6.59. The van der Waals surface area contributed by atoms with E-state index in [4.69, 9.17) is 0 Å². The van der Waals surface area contributed by atoms with E-state index in [1.165, 1.54) is 29.5 Å². The standard InChI is InChI=1S/C21H14F3N3O2S2/c1-11-6-12(22)2-3-16(11)25-18(28)10-31-21-26-17-4-5-30-19(17)20(29)27(21)15-8-13(23)7-14(24)9-15/h2-9H,10H2,1H3,(H,25,28). The first-order valence-electron chi connectivity index (χ1n) is 8.97. The molecule has 4 rings (SSSR count). The molecule has 0 aliphatic rings. The molecule has 0 aliphatic carbocycles. The largest absolute Gasteiger partial charge is 0.325 e. The van der Waals surface area contributed by atoms with E-state index in [0.29, 0.717) is 27.5 Å². The molecule has 0 spiro atoms. The number of aromatic nitrogens is 2. The summed E-state index contributed by atoms with van der Waals surface area (Å²) in [6.07, 6.45) is 0. The minimum atomic E-state index is -0.839. The second-order valence-corrected chi connectivity index (χ2v) is 8.45. The molecule has 0 fully saturated rings. The van der Waals surface area contributed by atoms with Gasteiger partial charge in [0.05, 0.1) is 17.0 Å². The number of carbonyl (C=O) groups is 1. The number of amides is 1. The summed E-state index contributed by atoms with van der Waals surface area (Å²) in [6, 6.07) is 8.40. The number of nitrogens with one attached hydrogen (secondary N) is 1. The zero-order valence-electron chi connectivity index (χ0n) is 16.0. The maximum atomic E-state index is 13.8. The van der Waals surface area contributed by atoms with Gasteiger partial charge in [0.2, 0.25) is 5.91 Å². The Morgan fingerprint density at radius 1 is 1.10 bits per heavy atom. The zero-order valence-corrected chi connectivity index (χ0v) is 17.6. The number of rotatable bonds is 5. The van der Waals surface area contributed by atoms with Crippen molar-refractivity contribution < 1.29 is 18.0 Å². The van der Waals surface area contributed by atoms with E-state index in [1.807, 2.05) is 0 Å². The highest BCUT2D eigenvalue weighted by Crippen LogP contribution is 2.25. The number of anilines is 1. The van der Waals surface area contributed by atoms with E-state index in [2.05, 4.69) is 10.3 Å². The predicted molar refractivity (Wildman–Crippen MR) is 116 cm³/mol. The third kappa shape index (κ3) is 4.49. The molecule has 0 saturated heterocycles. The number of thiophene rings is 1. The molecule has 0 saturated carbocycles.